The summed E-state index contributed by atoms with van der Waals surface area (Å²) in [7, 11) is 1.54. The van der Waals surface area contributed by atoms with Gasteiger partial charge in [0.05, 0.1) is 12.5 Å². The lowest BCUT2D eigenvalue weighted by Gasteiger charge is -2.24. The number of benzene rings is 2. The second-order valence-electron chi connectivity index (χ2n) is 6.47. The van der Waals surface area contributed by atoms with Crippen LogP contribution in [0.2, 0.25) is 0 Å². The fourth-order valence-electron chi connectivity index (χ4n) is 3.30. The van der Waals surface area contributed by atoms with Crippen LogP contribution in [0.3, 0.4) is 0 Å². The van der Waals surface area contributed by atoms with Crippen molar-refractivity contribution in [3.63, 3.8) is 0 Å². The van der Waals surface area contributed by atoms with Crippen molar-refractivity contribution in [2.75, 3.05) is 31.0 Å². The fourth-order valence-corrected chi connectivity index (χ4v) is 3.30. The molecule has 142 valence electrons. The highest BCUT2D eigenvalue weighted by atomic mass is 16.6. The van der Waals surface area contributed by atoms with Crippen molar-refractivity contribution >= 4 is 23.4 Å². The molecule has 27 heavy (non-hydrogen) atoms. The maximum atomic E-state index is 12.8. The van der Waals surface area contributed by atoms with E-state index >= 15 is 0 Å². The van der Waals surface area contributed by atoms with Crippen molar-refractivity contribution < 1.29 is 19.1 Å². The minimum absolute atomic E-state index is 0.0260. The molecule has 0 saturated carbocycles. The Kier molecular flexibility index (Phi) is 6.44. The minimum Gasteiger partial charge on any atom is -0.447 e. The smallest absolute Gasteiger partial charge is 0.411 e. The monoisotopic (exact) mass is 368 g/mol. The molecule has 3 rings (SSSR count). The van der Waals surface area contributed by atoms with Crippen LogP contribution in [-0.4, -0.2) is 32.3 Å². The van der Waals surface area contributed by atoms with E-state index in [0.29, 0.717) is 18.0 Å². The molecular formula is C21H24N2O4. The predicted octanol–water partition coefficient (Wildman–Crippen LogP) is 3.94. The number of hydrogen-bond donors (Lipinski definition) is 2. The zero-order chi connectivity index (χ0) is 19.1. The number of amides is 2. The van der Waals surface area contributed by atoms with Gasteiger partial charge in [0.25, 0.3) is 0 Å². The molecule has 0 bridgehead atoms. The number of hydrogen-bond acceptors (Lipinski definition) is 4. The Morgan fingerprint density at radius 3 is 2.63 bits per heavy atom. The zero-order valence-electron chi connectivity index (χ0n) is 15.4. The summed E-state index contributed by atoms with van der Waals surface area (Å²) < 4.78 is 9.81. The first-order valence-corrected chi connectivity index (χ1v) is 9.09. The van der Waals surface area contributed by atoms with Crippen LogP contribution in [0.5, 0.6) is 0 Å². The van der Waals surface area contributed by atoms with Crippen LogP contribution < -0.4 is 10.6 Å². The standard InChI is InChI=1S/C21H24N2O4/c1-26-12-13-27-21(25)23-17-9-5-8-16(14-17)22-20(24)19-11-4-7-15-6-2-3-10-18(15)19/h2-3,5-6,8-10,14,19H,4,7,11-13H2,1H3,(H,22,24)(H,23,25). The highest BCUT2D eigenvalue weighted by Crippen LogP contribution is 2.32. The summed E-state index contributed by atoms with van der Waals surface area (Å²) >= 11 is 0. The van der Waals surface area contributed by atoms with Gasteiger partial charge in [0.2, 0.25) is 5.91 Å². The number of fused-ring (bicyclic) bond motifs is 1. The zero-order valence-corrected chi connectivity index (χ0v) is 15.4. The van der Waals surface area contributed by atoms with Gasteiger partial charge in [-0.2, -0.15) is 0 Å². The van der Waals surface area contributed by atoms with E-state index in [1.54, 1.807) is 24.3 Å². The molecule has 0 aliphatic heterocycles. The Morgan fingerprint density at radius 1 is 1.04 bits per heavy atom. The number of carbonyl (C=O) groups is 2. The van der Waals surface area contributed by atoms with Gasteiger partial charge in [-0.25, -0.2) is 4.79 Å². The molecule has 1 atom stereocenters. The maximum absolute atomic E-state index is 12.8. The first kappa shape index (κ1) is 18.9. The molecule has 1 unspecified atom stereocenters. The third-order valence-corrected chi connectivity index (χ3v) is 4.58. The molecule has 2 aromatic carbocycles. The van der Waals surface area contributed by atoms with E-state index in [2.05, 4.69) is 16.7 Å². The van der Waals surface area contributed by atoms with Gasteiger partial charge in [0.15, 0.2) is 0 Å². The summed E-state index contributed by atoms with van der Waals surface area (Å²) in [5.74, 6) is -0.174. The third kappa shape index (κ3) is 5.08. The second kappa shape index (κ2) is 9.19. The van der Waals surface area contributed by atoms with Crippen LogP contribution in [-0.2, 0) is 20.7 Å². The summed E-state index contributed by atoms with van der Waals surface area (Å²) in [5, 5.41) is 5.61. The van der Waals surface area contributed by atoms with Crippen LogP contribution in [0.4, 0.5) is 16.2 Å². The SMILES string of the molecule is COCCOC(=O)Nc1cccc(NC(=O)C2CCCc3ccccc32)c1. The predicted molar refractivity (Wildman–Crippen MR) is 104 cm³/mol. The van der Waals surface area contributed by atoms with Crippen LogP contribution in [0.1, 0.15) is 29.9 Å². The highest BCUT2D eigenvalue weighted by Gasteiger charge is 2.26. The maximum Gasteiger partial charge on any atom is 0.411 e. The van der Waals surface area contributed by atoms with Crippen LogP contribution >= 0.6 is 0 Å². The summed E-state index contributed by atoms with van der Waals surface area (Å²) in [6, 6.07) is 15.1. The van der Waals surface area contributed by atoms with Gasteiger partial charge in [-0.1, -0.05) is 30.3 Å². The number of rotatable bonds is 6. The minimum atomic E-state index is -0.559. The number of anilines is 2. The lowest BCUT2D eigenvalue weighted by Crippen LogP contribution is -2.24. The van der Waals surface area contributed by atoms with E-state index < -0.39 is 6.09 Å². The van der Waals surface area contributed by atoms with E-state index in [4.69, 9.17) is 9.47 Å². The quantitative estimate of drug-likeness (QED) is 0.757. The van der Waals surface area contributed by atoms with E-state index in [9.17, 15) is 9.59 Å². The summed E-state index contributed by atoms with van der Waals surface area (Å²) in [6.45, 7) is 0.520. The van der Waals surface area contributed by atoms with E-state index in [0.717, 1.165) is 24.8 Å². The molecule has 0 heterocycles. The molecule has 1 aliphatic carbocycles. The van der Waals surface area contributed by atoms with Crippen molar-refractivity contribution in [2.45, 2.75) is 25.2 Å². The molecule has 6 heteroatoms. The number of aryl methyl sites for hydroxylation is 1. The topological polar surface area (TPSA) is 76.7 Å². The summed E-state index contributed by atoms with van der Waals surface area (Å²) in [5.41, 5.74) is 3.55. The Labute approximate surface area is 158 Å². The average Bonchev–Trinajstić information content (AvgIpc) is 2.68. The lowest BCUT2D eigenvalue weighted by molar-refractivity contribution is -0.117. The lowest BCUT2D eigenvalue weighted by atomic mass is 9.82. The molecule has 2 N–H and O–H groups in total. The Bertz CT molecular complexity index is 806. The Hall–Kier alpha value is -2.86. The first-order chi connectivity index (χ1) is 13.2. The Morgan fingerprint density at radius 2 is 1.81 bits per heavy atom. The van der Waals surface area contributed by atoms with Gasteiger partial charge in [-0.3, -0.25) is 10.1 Å². The molecule has 0 saturated heterocycles. The average molecular weight is 368 g/mol. The molecule has 6 nitrogen and oxygen atoms in total. The van der Waals surface area contributed by atoms with E-state index in [-0.39, 0.29) is 18.4 Å². The summed E-state index contributed by atoms with van der Waals surface area (Å²) in [4.78, 5) is 24.5. The normalized spacial score (nSPS) is 15.5. The fraction of sp³-hybridized carbons (Fsp3) is 0.333. The summed E-state index contributed by atoms with van der Waals surface area (Å²) in [6.07, 6.45) is 2.30. The van der Waals surface area contributed by atoms with E-state index in [1.165, 1.54) is 12.7 Å². The molecule has 0 aromatic heterocycles. The second-order valence-corrected chi connectivity index (χ2v) is 6.47. The molecule has 2 aromatic rings. The largest absolute Gasteiger partial charge is 0.447 e. The molecule has 2 amide bonds. The van der Waals surface area contributed by atoms with Gasteiger partial charge in [-0.05, 0) is 48.6 Å². The third-order valence-electron chi connectivity index (χ3n) is 4.58. The number of carbonyl (C=O) groups excluding carboxylic acids is 2. The van der Waals surface area contributed by atoms with Gasteiger partial charge < -0.3 is 14.8 Å². The molecule has 0 fully saturated rings. The van der Waals surface area contributed by atoms with Gasteiger partial charge in [0, 0.05) is 18.5 Å². The van der Waals surface area contributed by atoms with Gasteiger partial charge >= 0.3 is 6.09 Å². The van der Waals surface area contributed by atoms with Crippen LogP contribution in [0.15, 0.2) is 48.5 Å². The number of methoxy groups -OCH3 is 1. The van der Waals surface area contributed by atoms with Crippen LogP contribution in [0.25, 0.3) is 0 Å². The van der Waals surface area contributed by atoms with Gasteiger partial charge in [-0.15, -0.1) is 0 Å². The molecular weight excluding hydrogens is 344 g/mol. The van der Waals surface area contributed by atoms with Crippen molar-refractivity contribution in [1.82, 2.24) is 0 Å². The molecule has 0 spiro atoms. The Balaban J connectivity index is 1.63. The van der Waals surface area contributed by atoms with Crippen molar-refractivity contribution in [1.29, 1.82) is 0 Å². The highest BCUT2D eigenvalue weighted by molar-refractivity contribution is 5.97. The molecule has 1 aliphatic rings. The van der Waals surface area contributed by atoms with Crippen molar-refractivity contribution in [2.24, 2.45) is 0 Å². The first-order valence-electron chi connectivity index (χ1n) is 9.09. The van der Waals surface area contributed by atoms with E-state index in [1.807, 2.05) is 18.2 Å². The molecule has 0 radical (unpaired) electrons. The van der Waals surface area contributed by atoms with Crippen molar-refractivity contribution in [3.05, 3.63) is 59.7 Å². The van der Waals surface area contributed by atoms with Crippen LogP contribution in [0, 0.1) is 0 Å². The number of nitrogens with one attached hydrogen (secondary N) is 2. The number of ether oxygens (including phenoxy) is 2. The van der Waals surface area contributed by atoms with Gasteiger partial charge in [0.1, 0.15) is 6.61 Å². The van der Waals surface area contributed by atoms with Crippen molar-refractivity contribution in [3.8, 4) is 0 Å².